The molecule has 1 aliphatic heterocycles. The van der Waals surface area contributed by atoms with Crippen molar-refractivity contribution in [3.05, 3.63) is 57.7 Å². The second kappa shape index (κ2) is 7.69. The van der Waals surface area contributed by atoms with Gasteiger partial charge in [0.05, 0.1) is 28.4 Å². The van der Waals surface area contributed by atoms with Crippen LogP contribution in [0, 0.1) is 6.57 Å². The first-order valence-electron chi connectivity index (χ1n) is 9.98. The third-order valence-corrected chi connectivity index (χ3v) is 13.1. The SMILES string of the molecule is [C-]#[N+]/C(=C\c1cc2c(s1)-c1sc(N(C)CCO)cc1[Si]2(C)C)c1nc2ccccc2s1. The molecule has 0 amide bonds. The molecule has 1 aromatic carbocycles. The topological polar surface area (TPSA) is 40.7 Å². The average molecular weight is 480 g/mol. The van der Waals surface area contributed by atoms with Crippen LogP contribution in [0.4, 0.5) is 5.00 Å². The Morgan fingerprint density at radius 1 is 1.16 bits per heavy atom. The number of benzene rings is 1. The van der Waals surface area contributed by atoms with Crippen molar-refractivity contribution in [1.82, 2.24) is 4.98 Å². The van der Waals surface area contributed by atoms with Crippen molar-refractivity contribution >= 4 is 79.4 Å². The van der Waals surface area contributed by atoms with E-state index in [0.29, 0.717) is 12.2 Å². The van der Waals surface area contributed by atoms with E-state index in [1.54, 1.807) is 22.7 Å². The number of likely N-dealkylation sites (N-methyl/N-ethyl adjacent to an activating group) is 1. The van der Waals surface area contributed by atoms with Crippen LogP contribution in [0.25, 0.3) is 36.6 Å². The van der Waals surface area contributed by atoms with Gasteiger partial charge in [0, 0.05) is 28.2 Å². The molecular formula is C23H21N3OS3Si. The van der Waals surface area contributed by atoms with Crippen LogP contribution in [-0.4, -0.2) is 38.4 Å². The molecule has 1 N–H and O–H groups in total. The first-order valence-corrected chi connectivity index (χ1v) is 15.4. The Hall–Kier alpha value is -2.28. The lowest BCUT2D eigenvalue weighted by atomic mass is 10.3. The molecule has 4 aromatic rings. The summed E-state index contributed by atoms with van der Waals surface area (Å²) in [4.78, 5) is 14.5. The molecule has 0 fully saturated rings. The second-order valence-corrected chi connectivity index (χ2v) is 15.6. The number of thiophene rings is 2. The smallest absolute Gasteiger partial charge is 0.223 e. The van der Waals surface area contributed by atoms with Gasteiger partial charge in [0.1, 0.15) is 13.1 Å². The standard InChI is InChI=1S/C23H21N3OS3Si/c1-24-16(23-25-15-7-5-6-8-17(15)29-23)11-14-12-18-21(28-14)22-19(31(18,3)4)13-20(30-22)26(2)9-10-27/h5-8,11-13,27H,9-10H2,2-4H3/b16-11-. The largest absolute Gasteiger partial charge is 0.395 e. The van der Waals surface area contributed by atoms with Crippen molar-refractivity contribution in [2.75, 3.05) is 25.1 Å². The Balaban J connectivity index is 1.55. The molecule has 0 bridgehead atoms. The van der Waals surface area contributed by atoms with Gasteiger partial charge in [0.15, 0.2) is 0 Å². The van der Waals surface area contributed by atoms with Crippen LogP contribution in [0.2, 0.25) is 13.1 Å². The van der Waals surface area contributed by atoms with Gasteiger partial charge in [-0.25, -0.2) is 9.83 Å². The van der Waals surface area contributed by atoms with E-state index in [-0.39, 0.29) is 6.61 Å². The highest BCUT2D eigenvalue weighted by Crippen LogP contribution is 2.42. The number of fused-ring (bicyclic) bond motifs is 4. The van der Waals surface area contributed by atoms with E-state index in [0.717, 1.165) is 20.1 Å². The minimum absolute atomic E-state index is 0.157. The first kappa shape index (κ1) is 20.6. The van der Waals surface area contributed by atoms with Gasteiger partial charge >= 0.3 is 0 Å². The van der Waals surface area contributed by atoms with Crippen LogP contribution < -0.4 is 15.3 Å². The highest BCUT2D eigenvalue weighted by atomic mass is 32.1. The van der Waals surface area contributed by atoms with E-state index in [9.17, 15) is 5.11 Å². The second-order valence-electron chi connectivity index (χ2n) is 8.12. The van der Waals surface area contributed by atoms with Crippen LogP contribution >= 0.6 is 34.0 Å². The summed E-state index contributed by atoms with van der Waals surface area (Å²) in [7, 11) is 0.273. The molecule has 0 unspecified atom stereocenters. The zero-order valence-electron chi connectivity index (χ0n) is 17.5. The van der Waals surface area contributed by atoms with Crippen LogP contribution in [-0.2, 0) is 0 Å². The van der Waals surface area contributed by atoms with Gasteiger partial charge in [0.25, 0.3) is 0 Å². The minimum atomic E-state index is -1.76. The van der Waals surface area contributed by atoms with Crippen molar-refractivity contribution < 1.29 is 5.11 Å². The highest BCUT2D eigenvalue weighted by Gasteiger charge is 2.41. The monoisotopic (exact) mass is 479 g/mol. The first-order chi connectivity index (χ1) is 14.9. The maximum atomic E-state index is 9.30. The Morgan fingerprint density at radius 2 is 1.90 bits per heavy atom. The minimum Gasteiger partial charge on any atom is -0.395 e. The molecule has 8 heteroatoms. The number of rotatable bonds is 5. The third kappa shape index (κ3) is 3.37. The average Bonchev–Trinajstić information content (AvgIpc) is 3.49. The molecule has 5 rings (SSSR count). The molecule has 3 aromatic heterocycles. The van der Waals surface area contributed by atoms with Gasteiger partial charge < -0.3 is 10.0 Å². The lowest BCUT2D eigenvalue weighted by Crippen LogP contribution is -2.48. The van der Waals surface area contributed by atoms with Crippen molar-refractivity contribution in [2.24, 2.45) is 0 Å². The summed E-state index contributed by atoms with van der Waals surface area (Å²) in [6, 6.07) is 12.7. The Morgan fingerprint density at radius 3 is 2.65 bits per heavy atom. The molecule has 31 heavy (non-hydrogen) atoms. The summed E-state index contributed by atoms with van der Waals surface area (Å²) in [5.74, 6) is 0. The highest BCUT2D eigenvalue weighted by molar-refractivity contribution is 7.30. The van der Waals surface area contributed by atoms with E-state index < -0.39 is 8.07 Å². The molecule has 1 aliphatic rings. The summed E-state index contributed by atoms with van der Waals surface area (Å²) in [6.07, 6.45) is 2.00. The summed E-state index contributed by atoms with van der Waals surface area (Å²) in [5, 5.41) is 14.3. The number of anilines is 1. The summed E-state index contributed by atoms with van der Waals surface area (Å²) in [6.45, 7) is 13.3. The van der Waals surface area contributed by atoms with Crippen LogP contribution in [0.5, 0.6) is 0 Å². The van der Waals surface area contributed by atoms with Crippen molar-refractivity contribution in [2.45, 2.75) is 13.1 Å². The van der Waals surface area contributed by atoms with E-state index in [1.807, 2.05) is 42.7 Å². The van der Waals surface area contributed by atoms with E-state index >= 15 is 0 Å². The Kier molecular flexibility index (Phi) is 5.11. The van der Waals surface area contributed by atoms with Crippen molar-refractivity contribution in [3.63, 3.8) is 0 Å². The number of thiazole rings is 1. The molecule has 0 spiro atoms. The van der Waals surface area contributed by atoms with Crippen molar-refractivity contribution in [3.8, 4) is 9.75 Å². The van der Waals surface area contributed by atoms with Gasteiger partial charge in [-0.1, -0.05) is 25.2 Å². The lowest BCUT2D eigenvalue weighted by molar-refractivity contribution is 0.304. The van der Waals surface area contributed by atoms with Gasteiger partial charge in [-0.15, -0.1) is 34.0 Å². The number of nitrogens with zero attached hydrogens (tertiary/aromatic N) is 3. The lowest BCUT2D eigenvalue weighted by Gasteiger charge is -2.18. The molecule has 4 heterocycles. The van der Waals surface area contributed by atoms with Gasteiger partial charge in [-0.2, -0.15) is 0 Å². The maximum Gasteiger partial charge on any atom is 0.223 e. The molecule has 0 saturated carbocycles. The molecule has 0 radical (unpaired) electrons. The third-order valence-electron chi connectivity index (χ3n) is 5.75. The van der Waals surface area contributed by atoms with Crippen LogP contribution in [0.3, 0.4) is 0 Å². The predicted octanol–water partition coefficient (Wildman–Crippen LogP) is 5.07. The number of para-hydroxylation sites is 1. The molecule has 156 valence electrons. The van der Waals surface area contributed by atoms with Crippen molar-refractivity contribution in [1.29, 1.82) is 0 Å². The normalized spacial score (nSPS) is 14.5. The zero-order chi connectivity index (χ0) is 21.8. The molecule has 4 nitrogen and oxygen atoms in total. The van der Waals surface area contributed by atoms with E-state index in [4.69, 9.17) is 6.57 Å². The fraction of sp³-hybridized carbons (Fsp3) is 0.217. The zero-order valence-corrected chi connectivity index (χ0v) is 20.9. The molecule has 0 saturated heterocycles. The maximum absolute atomic E-state index is 9.30. The van der Waals surface area contributed by atoms with Crippen LogP contribution in [0.1, 0.15) is 9.88 Å². The number of aliphatic hydroxyl groups excluding tert-OH is 1. The number of hydrogen-bond acceptors (Lipinski definition) is 6. The predicted molar refractivity (Wildman–Crippen MR) is 139 cm³/mol. The quantitative estimate of drug-likeness (QED) is 0.321. The summed E-state index contributed by atoms with van der Waals surface area (Å²) >= 11 is 5.18. The van der Waals surface area contributed by atoms with E-state index in [2.05, 4.69) is 46.0 Å². The fourth-order valence-corrected chi connectivity index (χ4v) is 12.0. The number of hydrogen-bond donors (Lipinski definition) is 1. The molecule has 0 atom stereocenters. The summed E-state index contributed by atoms with van der Waals surface area (Å²) < 4.78 is 1.11. The molecule has 0 aliphatic carbocycles. The number of aliphatic hydroxyl groups is 1. The Bertz CT molecular complexity index is 1340. The van der Waals surface area contributed by atoms with Gasteiger partial charge in [-0.3, -0.25) is 0 Å². The molecular weight excluding hydrogens is 459 g/mol. The van der Waals surface area contributed by atoms with Gasteiger partial charge in [0.2, 0.25) is 5.70 Å². The number of aromatic nitrogens is 1. The van der Waals surface area contributed by atoms with Crippen LogP contribution in [0.15, 0.2) is 36.4 Å². The Labute approximate surface area is 194 Å². The fourth-order valence-electron chi connectivity index (χ4n) is 3.98. The van der Waals surface area contributed by atoms with E-state index in [1.165, 1.54) is 25.1 Å². The van der Waals surface area contributed by atoms with Gasteiger partial charge in [-0.05, 0) is 40.7 Å². The summed E-state index contributed by atoms with van der Waals surface area (Å²) in [5.41, 5.74) is 1.55.